The van der Waals surface area contributed by atoms with Crippen molar-refractivity contribution in [2.75, 3.05) is 19.6 Å². The predicted molar refractivity (Wildman–Crippen MR) is 105 cm³/mol. The first-order valence-electron chi connectivity index (χ1n) is 9.33. The fourth-order valence-electron chi connectivity index (χ4n) is 4.25. The second-order valence-electron chi connectivity index (χ2n) is 7.41. The van der Waals surface area contributed by atoms with Crippen molar-refractivity contribution in [1.29, 1.82) is 0 Å². The SMILES string of the molecule is Cn1c(=O)oc2cc(S(=O)(=O)N3CC(=O)N4CCc5ccccc5[C@@H]4C3)ccc21. The average Bonchev–Trinajstić information content (AvgIpc) is 3.01. The molecule has 1 fully saturated rings. The van der Waals surface area contributed by atoms with Gasteiger partial charge in [0.1, 0.15) is 0 Å². The fraction of sp³-hybridized carbons (Fsp3) is 0.300. The highest BCUT2D eigenvalue weighted by Gasteiger charge is 2.41. The first kappa shape index (κ1) is 18.1. The van der Waals surface area contributed by atoms with Crippen LogP contribution in [0.2, 0.25) is 0 Å². The summed E-state index contributed by atoms with van der Waals surface area (Å²) in [4.78, 5) is 26.2. The van der Waals surface area contributed by atoms with Crippen molar-refractivity contribution in [2.45, 2.75) is 17.4 Å². The van der Waals surface area contributed by atoms with E-state index in [1.165, 1.54) is 21.0 Å². The molecule has 0 bridgehead atoms. The summed E-state index contributed by atoms with van der Waals surface area (Å²) in [6.07, 6.45) is 0.773. The minimum absolute atomic E-state index is 0.00435. The molecule has 3 aromatic rings. The monoisotopic (exact) mass is 413 g/mol. The molecule has 2 aliphatic rings. The summed E-state index contributed by atoms with van der Waals surface area (Å²) in [5, 5.41) is 0. The maximum Gasteiger partial charge on any atom is 0.419 e. The number of carbonyl (C=O) groups is 1. The number of sulfonamides is 1. The van der Waals surface area contributed by atoms with E-state index in [4.69, 9.17) is 4.42 Å². The minimum atomic E-state index is -3.93. The highest BCUT2D eigenvalue weighted by Crippen LogP contribution is 2.35. The van der Waals surface area contributed by atoms with Crippen LogP contribution in [0.4, 0.5) is 0 Å². The molecule has 1 aromatic heterocycles. The molecular formula is C20H19N3O5S. The van der Waals surface area contributed by atoms with E-state index in [9.17, 15) is 18.0 Å². The van der Waals surface area contributed by atoms with E-state index in [0.717, 1.165) is 17.5 Å². The number of rotatable bonds is 2. The van der Waals surface area contributed by atoms with E-state index in [2.05, 4.69) is 0 Å². The van der Waals surface area contributed by atoms with Crippen LogP contribution in [0.5, 0.6) is 0 Å². The van der Waals surface area contributed by atoms with Gasteiger partial charge in [0.05, 0.1) is 23.0 Å². The Morgan fingerprint density at radius 2 is 1.90 bits per heavy atom. The van der Waals surface area contributed by atoms with Gasteiger partial charge in [-0.15, -0.1) is 0 Å². The van der Waals surface area contributed by atoms with Crippen molar-refractivity contribution in [3.05, 3.63) is 64.1 Å². The van der Waals surface area contributed by atoms with Crippen LogP contribution in [0, 0.1) is 0 Å². The van der Waals surface area contributed by atoms with Crippen molar-refractivity contribution >= 4 is 27.0 Å². The molecule has 0 unspecified atom stereocenters. The second kappa shape index (κ2) is 6.30. The topological polar surface area (TPSA) is 92.8 Å². The van der Waals surface area contributed by atoms with Crippen LogP contribution >= 0.6 is 0 Å². The third-order valence-corrected chi connectivity index (χ3v) is 7.63. The standard InChI is InChI=1S/C20H19N3O5S/c1-21-16-7-6-14(10-18(16)28-20(21)25)29(26,27)22-11-17-15-5-3-2-4-13(15)8-9-23(17)19(24)12-22/h2-7,10,17H,8-9,11-12H2,1H3/t17-/m0/s1. The Kier molecular flexibility index (Phi) is 3.94. The Balaban J connectivity index is 1.54. The maximum absolute atomic E-state index is 13.3. The lowest BCUT2D eigenvalue weighted by atomic mass is 9.91. The van der Waals surface area contributed by atoms with Gasteiger partial charge in [-0.3, -0.25) is 9.36 Å². The van der Waals surface area contributed by atoms with Gasteiger partial charge >= 0.3 is 5.76 Å². The highest BCUT2D eigenvalue weighted by atomic mass is 32.2. The number of benzene rings is 2. The Bertz CT molecular complexity index is 1310. The van der Waals surface area contributed by atoms with E-state index >= 15 is 0 Å². The van der Waals surface area contributed by atoms with Crippen molar-refractivity contribution in [2.24, 2.45) is 7.05 Å². The number of aryl methyl sites for hydroxylation is 1. The molecule has 0 radical (unpaired) electrons. The molecule has 2 aliphatic heterocycles. The summed E-state index contributed by atoms with van der Waals surface area (Å²) in [6.45, 7) is 0.592. The number of hydrogen-bond donors (Lipinski definition) is 0. The summed E-state index contributed by atoms with van der Waals surface area (Å²) in [5.41, 5.74) is 2.85. The van der Waals surface area contributed by atoms with E-state index in [-0.39, 0.29) is 35.5 Å². The molecular weight excluding hydrogens is 394 g/mol. The van der Waals surface area contributed by atoms with Gasteiger partial charge in [0.25, 0.3) is 0 Å². The number of carbonyl (C=O) groups excluding carboxylic acids is 1. The van der Waals surface area contributed by atoms with Gasteiger partial charge in [-0.05, 0) is 29.7 Å². The van der Waals surface area contributed by atoms with Gasteiger partial charge in [0, 0.05) is 26.2 Å². The second-order valence-corrected chi connectivity index (χ2v) is 9.34. The zero-order chi connectivity index (χ0) is 20.3. The summed E-state index contributed by atoms with van der Waals surface area (Å²) in [7, 11) is -2.37. The molecule has 0 saturated carbocycles. The predicted octanol–water partition coefficient (Wildman–Crippen LogP) is 1.26. The van der Waals surface area contributed by atoms with Crippen LogP contribution < -0.4 is 5.76 Å². The maximum atomic E-state index is 13.3. The van der Waals surface area contributed by atoms with Crippen LogP contribution in [-0.4, -0.2) is 47.7 Å². The Hall–Kier alpha value is -2.91. The van der Waals surface area contributed by atoms with Crippen molar-refractivity contribution < 1.29 is 17.6 Å². The molecule has 150 valence electrons. The molecule has 9 heteroatoms. The number of hydrogen-bond acceptors (Lipinski definition) is 5. The van der Waals surface area contributed by atoms with Gasteiger partial charge in [0.15, 0.2) is 5.58 Å². The Morgan fingerprint density at radius 1 is 1.10 bits per heavy atom. The van der Waals surface area contributed by atoms with Crippen molar-refractivity contribution in [3.63, 3.8) is 0 Å². The molecule has 0 spiro atoms. The van der Waals surface area contributed by atoms with Crippen molar-refractivity contribution in [1.82, 2.24) is 13.8 Å². The first-order valence-corrected chi connectivity index (χ1v) is 10.8. The fourth-order valence-corrected chi connectivity index (χ4v) is 5.66. The lowest BCUT2D eigenvalue weighted by Gasteiger charge is -2.44. The summed E-state index contributed by atoms with van der Waals surface area (Å²) < 4.78 is 34.2. The molecule has 2 aromatic carbocycles. The smallest absolute Gasteiger partial charge is 0.408 e. The van der Waals surface area contributed by atoms with Crippen molar-refractivity contribution in [3.8, 4) is 0 Å². The largest absolute Gasteiger partial charge is 0.419 e. The highest BCUT2D eigenvalue weighted by molar-refractivity contribution is 7.89. The van der Waals surface area contributed by atoms with Crippen LogP contribution in [0.15, 0.2) is 56.6 Å². The molecule has 0 aliphatic carbocycles. The van der Waals surface area contributed by atoms with Gasteiger partial charge in [0.2, 0.25) is 15.9 Å². The van der Waals surface area contributed by atoms with Crippen LogP contribution in [0.25, 0.3) is 11.1 Å². The molecule has 1 amide bonds. The quantitative estimate of drug-likeness (QED) is 0.631. The Morgan fingerprint density at radius 3 is 2.72 bits per heavy atom. The van der Waals surface area contributed by atoms with E-state index in [1.54, 1.807) is 18.0 Å². The summed E-state index contributed by atoms with van der Waals surface area (Å²) in [5.74, 6) is -0.760. The number of amides is 1. The average molecular weight is 413 g/mol. The lowest BCUT2D eigenvalue weighted by molar-refractivity contribution is -0.138. The van der Waals surface area contributed by atoms with Crippen LogP contribution in [-0.2, 0) is 28.3 Å². The molecule has 1 atom stereocenters. The summed E-state index contributed by atoms with van der Waals surface area (Å²) >= 11 is 0. The normalized spacial score (nSPS) is 20.0. The number of fused-ring (bicyclic) bond motifs is 4. The molecule has 0 N–H and O–H groups in total. The molecule has 5 rings (SSSR count). The third kappa shape index (κ3) is 2.72. The van der Waals surface area contributed by atoms with Crippen LogP contribution in [0.3, 0.4) is 0 Å². The number of piperazine rings is 1. The minimum Gasteiger partial charge on any atom is -0.408 e. The summed E-state index contributed by atoms with van der Waals surface area (Å²) in [6, 6.07) is 11.9. The van der Waals surface area contributed by atoms with Crippen LogP contribution in [0.1, 0.15) is 17.2 Å². The zero-order valence-electron chi connectivity index (χ0n) is 15.7. The molecule has 3 heterocycles. The van der Waals surface area contributed by atoms with E-state index in [1.807, 2.05) is 24.3 Å². The Labute approximate surface area is 167 Å². The zero-order valence-corrected chi connectivity index (χ0v) is 16.6. The van der Waals surface area contributed by atoms with Gasteiger partial charge in [-0.1, -0.05) is 24.3 Å². The number of aromatic nitrogens is 1. The lowest BCUT2D eigenvalue weighted by Crippen LogP contribution is -2.55. The first-order chi connectivity index (χ1) is 13.9. The van der Waals surface area contributed by atoms with Gasteiger partial charge < -0.3 is 9.32 Å². The van der Waals surface area contributed by atoms with E-state index < -0.39 is 15.8 Å². The van der Waals surface area contributed by atoms with E-state index in [0.29, 0.717) is 12.1 Å². The molecule has 29 heavy (non-hydrogen) atoms. The number of nitrogens with zero attached hydrogens (tertiary/aromatic N) is 3. The third-order valence-electron chi connectivity index (χ3n) is 5.82. The van der Waals surface area contributed by atoms with Gasteiger partial charge in [-0.25, -0.2) is 13.2 Å². The van der Waals surface area contributed by atoms with Gasteiger partial charge in [-0.2, -0.15) is 4.31 Å². The molecule has 1 saturated heterocycles. The number of oxazole rings is 1. The molecule has 8 nitrogen and oxygen atoms in total.